The molecule has 180 valence electrons. The summed E-state index contributed by atoms with van der Waals surface area (Å²) < 4.78 is 17.0. The Bertz CT molecular complexity index is 1400. The van der Waals surface area contributed by atoms with Crippen LogP contribution in [0.25, 0.3) is 11.0 Å². The Morgan fingerprint density at radius 1 is 0.971 bits per heavy atom. The predicted octanol–water partition coefficient (Wildman–Crippen LogP) is 6.46. The first-order valence-corrected chi connectivity index (χ1v) is 11.6. The van der Waals surface area contributed by atoms with Gasteiger partial charge < -0.3 is 19.2 Å². The fourth-order valence-corrected chi connectivity index (χ4v) is 3.69. The molecule has 4 rings (SSSR count). The molecule has 0 radical (unpaired) electrons. The third-order valence-corrected chi connectivity index (χ3v) is 5.70. The zero-order valence-electron chi connectivity index (χ0n) is 20.4. The maximum atomic E-state index is 12.9. The van der Waals surface area contributed by atoms with Crippen molar-refractivity contribution in [2.75, 3.05) is 11.9 Å². The van der Waals surface area contributed by atoms with E-state index in [0.717, 1.165) is 17.7 Å². The van der Waals surface area contributed by atoms with Crippen LogP contribution < -0.4 is 20.2 Å². The summed E-state index contributed by atoms with van der Waals surface area (Å²) in [6.07, 6.45) is 2.11. The first-order valence-electron chi connectivity index (χ1n) is 11.6. The van der Waals surface area contributed by atoms with Crippen LogP contribution in [0.4, 0.5) is 5.69 Å². The maximum Gasteiger partial charge on any atom is 0.262 e. The normalized spacial score (nSPS) is 11.3. The highest BCUT2D eigenvalue weighted by Gasteiger charge is 2.15. The van der Waals surface area contributed by atoms with E-state index in [0.29, 0.717) is 22.5 Å². The molecule has 0 aliphatic carbocycles. The molecular weight excluding hydrogens is 442 g/mol. The molecule has 1 N–H and O–H groups in total. The Balaban J connectivity index is 1.44. The number of nitrogens with one attached hydrogen (secondary N) is 1. The van der Waals surface area contributed by atoms with Crippen LogP contribution >= 0.6 is 0 Å². The summed E-state index contributed by atoms with van der Waals surface area (Å²) in [5, 5.41) is 3.23. The van der Waals surface area contributed by atoms with Gasteiger partial charge in [0.2, 0.25) is 11.2 Å². The molecule has 0 unspecified atom stereocenters. The number of fused-ring (bicyclic) bond motifs is 1. The van der Waals surface area contributed by atoms with E-state index < -0.39 is 0 Å². The molecule has 6 nitrogen and oxygen atoms in total. The Morgan fingerprint density at radius 3 is 2.40 bits per heavy atom. The van der Waals surface area contributed by atoms with Crippen molar-refractivity contribution in [2.45, 2.75) is 39.5 Å². The van der Waals surface area contributed by atoms with Crippen LogP contribution in [0, 0.1) is 0 Å². The Labute approximate surface area is 204 Å². The van der Waals surface area contributed by atoms with E-state index in [1.807, 2.05) is 55.5 Å². The second-order valence-corrected chi connectivity index (χ2v) is 9.31. The molecule has 3 aromatic carbocycles. The first kappa shape index (κ1) is 24.1. The van der Waals surface area contributed by atoms with Crippen molar-refractivity contribution in [3.8, 4) is 17.2 Å². The van der Waals surface area contributed by atoms with Crippen molar-refractivity contribution in [3.63, 3.8) is 0 Å². The molecule has 0 aliphatic heterocycles. The molecule has 0 spiro atoms. The van der Waals surface area contributed by atoms with Crippen LogP contribution in [0.15, 0.2) is 82.2 Å². The van der Waals surface area contributed by atoms with Gasteiger partial charge in [0.1, 0.15) is 23.3 Å². The van der Waals surface area contributed by atoms with Gasteiger partial charge in [-0.3, -0.25) is 9.59 Å². The number of carbonyl (C=O) groups is 1. The van der Waals surface area contributed by atoms with Gasteiger partial charge in [0, 0.05) is 11.8 Å². The molecular formula is C29H29NO5. The van der Waals surface area contributed by atoms with Crippen molar-refractivity contribution < 1.29 is 18.7 Å². The Hall–Kier alpha value is -4.06. The first-order chi connectivity index (χ1) is 16.7. The molecule has 0 aliphatic rings. The van der Waals surface area contributed by atoms with E-state index in [4.69, 9.17) is 13.9 Å². The lowest BCUT2D eigenvalue weighted by Crippen LogP contribution is -2.20. The van der Waals surface area contributed by atoms with Gasteiger partial charge in [-0.2, -0.15) is 0 Å². The van der Waals surface area contributed by atoms with Gasteiger partial charge in [-0.25, -0.2) is 0 Å². The molecule has 6 heteroatoms. The average molecular weight is 472 g/mol. The fraction of sp³-hybridized carbons (Fsp3) is 0.241. The Kier molecular flexibility index (Phi) is 6.92. The van der Waals surface area contributed by atoms with Crippen LogP contribution in [0.2, 0.25) is 0 Å². The van der Waals surface area contributed by atoms with Gasteiger partial charge in [-0.05, 0) is 53.3 Å². The van der Waals surface area contributed by atoms with Crippen molar-refractivity contribution in [3.05, 3.63) is 94.3 Å². The minimum Gasteiger partial charge on any atom is -0.484 e. The molecule has 1 amide bonds. The molecule has 35 heavy (non-hydrogen) atoms. The quantitative estimate of drug-likeness (QED) is 0.335. The van der Waals surface area contributed by atoms with Gasteiger partial charge >= 0.3 is 0 Å². The van der Waals surface area contributed by atoms with E-state index in [-0.39, 0.29) is 29.1 Å². The highest BCUT2D eigenvalue weighted by Crippen LogP contribution is 2.27. The molecule has 0 atom stereocenters. The number of para-hydroxylation sites is 1. The number of rotatable bonds is 7. The van der Waals surface area contributed by atoms with Crippen LogP contribution in [0.3, 0.4) is 0 Å². The van der Waals surface area contributed by atoms with Gasteiger partial charge in [0.15, 0.2) is 6.61 Å². The van der Waals surface area contributed by atoms with Crippen molar-refractivity contribution >= 4 is 22.6 Å². The second-order valence-electron chi connectivity index (χ2n) is 9.31. The van der Waals surface area contributed by atoms with Crippen LogP contribution in [-0.2, 0) is 16.6 Å². The molecule has 0 bridgehead atoms. The number of benzene rings is 3. The molecule has 0 saturated carbocycles. The molecule has 1 aromatic heterocycles. The molecule has 4 aromatic rings. The predicted molar refractivity (Wildman–Crippen MR) is 138 cm³/mol. The molecule has 0 fully saturated rings. The van der Waals surface area contributed by atoms with Crippen LogP contribution in [0.1, 0.15) is 38.8 Å². The zero-order chi connectivity index (χ0) is 25.0. The van der Waals surface area contributed by atoms with Crippen LogP contribution in [-0.4, -0.2) is 12.5 Å². The minimum atomic E-state index is -0.286. The zero-order valence-corrected chi connectivity index (χ0v) is 20.4. The van der Waals surface area contributed by atoms with E-state index in [2.05, 4.69) is 26.1 Å². The number of ether oxygens (including phenoxy) is 2. The lowest BCUT2D eigenvalue weighted by atomic mass is 9.87. The largest absolute Gasteiger partial charge is 0.484 e. The number of hydrogen-bond donors (Lipinski definition) is 1. The average Bonchev–Trinajstić information content (AvgIpc) is 2.84. The highest BCUT2D eigenvalue weighted by molar-refractivity contribution is 5.92. The maximum absolute atomic E-state index is 12.9. The minimum absolute atomic E-state index is 0.0287. The standard InChI is InChI=1S/C29H29NO5/c1-5-19-8-6-7-9-24(19)30-27(31)18-33-22-14-15-23-25(16-22)34-17-26(28(23)32)35-21-12-10-20(11-13-21)29(2,3)4/h6-17H,5,18H2,1-4H3,(H,30,31). The number of carbonyl (C=O) groups excluding carboxylic acids is 1. The Morgan fingerprint density at radius 2 is 1.69 bits per heavy atom. The molecule has 1 heterocycles. The summed E-state index contributed by atoms with van der Waals surface area (Å²) in [4.78, 5) is 25.2. The summed E-state index contributed by atoms with van der Waals surface area (Å²) >= 11 is 0. The lowest BCUT2D eigenvalue weighted by Gasteiger charge is -2.19. The number of anilines is 1. The smallest absolute Gasteiger partial charge is 0.262 e. The van der Waals surface area contributed by atoms with E-state index in [9.17, 15) is 9.59 Å². The summed E-state index contributed by atoms with van der Waals surface area (Å²) in [6.45, 7) is 8.27. The summed E-state index contributed by atoms with van der Waals surface area (Å²) in [5.74, 6) is 0.809. The summed E-state index contributed by atoms with van der Waals surface area (Å²) in [7, 11) is 0. The van der Waals surface area contributed by atoms with E-state index >= 15 is 0 Å². The monoisotopic (exact) mass is 471 g/mol. The van der Waals surface area contributed by atoms with Crippen LogP contribution in [0.5, 0.6) is 17.2 Å². The van der Waals surface area contributed by atoms with E-state index in [1.54, 1.807) is 18.2 Å². The molecule has 0 saturated heterocycles. The lowest BCUT2D eigenvalue weighted by molar-refractivity contribution is -0.118. The van der Waals surface area contributed by atoms with Gasteiger partial charge in [-0.15, -0.1) is 0 Å². The van der Waals surface area contributed by atoms with Gasteiger partial charge in [0.25, 0.3) is 5.91 Å². The highest BCUT2D eigenvalue weighted by atomic mass is 16.5. The van der Waals surface area contributed by atoms with Crippen molar-refractivity contribution in [1.82, 2.24) is 0 Å². The summed E-state index contributed by atoms with van der Waals surface area (Å²) in [5.41, 5.74) is 3.09. The van der Waals surface area contributed by atoms with Gasteiger partial charge in [-0.1, -0.05) is 58.0 Å². The summed E-state index contributed by atoms with van der Waals surface area (Å²) in [6, 6.07) is 20.1. The van der Waals surface area contributed by atoms with Gasteiger partial charge in [0.05, 0.1) is 5.39 Å². The second kappa shape index (κ2) is 10.1. The number of amides is 1. The van der Waals surface area contributed by atoms with Crippen molar-refractivity contribution in [1.29, 1.82) is 0 Å². The third kappa shape index (κ3) is 5.72. The SMILES string of the molecule is CCc1ccccc1NC(=O)COc1ccc2c(=O)c(Oc3ccc(C(C)(C)C)cc3)coc2c1. The van der Waals surface area contributed by atoms with E-state index in [1.165, 1.54) is 11.8 Å². The number of hydrogen-bond acceptors (Lipinski definition) is 5. The third-order valence-electron chi connectivity index (χ3n) is 5.70. The van der Waals surface area contributed by atoms with Crippen molar-refractivity contribution in [2.24, 2.45) is 0 Å². The topological polar surface area (TPSA) is 77.8 Å². The number of aryl methyl sites for hydroxylation is 1. The fourth-order valence-electron chi connectivity index (χ4n) is 3.69.